The van der Waals surface area contributed by atoms with Crippen LogP contribution >= 0.6 is 11.6 Å². The van der Waals surface area contributed by atoms with Crippen LogP contribution in [0.25, 0.3) is 0 Å². The molecule has 4 aromatic carbocycles. The van der Waals surface area contributed by atoms with E-state index in [0.717, 1.165) is 52.6 Å². The van der Waals surface area contributed by atoms with Gasteiger partial charge in [-0.2, -0.15) is 0 Å². The molecule has 2 nitrogen and oxygen atoms in total. The summed E-state index contributed by atoms with van der Waals surface area (Å²) >= 11 is 6.77. The number of fused-ring (bicyclic) bond motifs is 2. The highest BCUT2D eigenvalue weighted by Gasteiger charge is 2.41. The lowest BCUT2D eigenvalue weighted by atomic mass is 9.63. The van der Waals surface area contributed by atoms with Gasteiger partial charge >= 0.3 is 0 Å². The van der Waals surface area contributed by atoms with Gasteiger partial charge in [0.2, 0.25) is 0 Å². The molecule has 3 heteroatoms. The number of benzene rings is 3. The van der Waals surface area contributed by atoms with Gasteiger partial charge in [0.05, 0.1) is 11.2 Å². The van der Waals surface area contributed by atoms with Crippen molar-refractivity contribution in [3.63, 3.8) is 0 Å². The Morgan fingerprint density at radius 1 is 0.654 bits per heavy atom. The van der Waals surface area contributed by atoms with E-state index in [9.17, 15) is 0 Å². The number of allylic oxidation sites excluding steroid dienone is 1. The standard InChI is InChI=1S/C49H59ClN2/c1-32-26-34(50)28-39(27-32)52(49(11,12)40-19-16-33(40)2)38-15-13-14-35(29-38)51(36-17-20-41-43(30-36)47(7,8)24-22-45(41,3)4)37-18-21-42-44(31-37)48(9,10)25-23-46(42,5)6/h13-15,17,19-20,26-31,33H,16,22-25H2,1-12H3/t33-/m1/s1. The molecule has 0 unspecified atom stereocenters. The lowest BCUT2D eigenvalue weighted by Gasteiger charge is -2.47. The second kappa shape index (κ2) is 12.5. The minimum Gasteiger partial charge on any atom is -0.332 e. The molecule has 3 aliphatic rings. The van der Waals surface area contributed by atoms with Gasteiger partial charge < -0.3 is 9.80 Å². The summed E-state index contributed by atoms with van der Waals surface area (Å²) in [5.74, 6) is 0.536. The molecule has 7 rings (SSSR count). The van der Waals surface area contributed by atoms with E-state index in [1.54, 1.807) is 0 Å². The van der Waals surface area contributed by atoms with Crippen LogP contribution in [0.4, 0.5) is 28.4 Å². The van der Waals surface area contributed by atoms with Gasteiger partial charge in [0.1, 0.15) is 0 Å². The van der Waals surface area contributed by atoms with Gasteiger partial charge in [0.15, 0.2) is 0 Å². The Labute approximate surface area is 320 Å². The maximum Gasteiger partial charge on any atom is 0.0976 e. The summed E-state index contributed by atoms with van der Waals surface area (Å²) in [6.07, 6.45) is 8.22. The summed E-state index contributed by atoms with van der Waals surface area (Å²) in [5, 5.41) is 0.758. The van der Waals surface area contributed by atoms with Crippen molar-refractivity contribution in [3.05, 3.63) is 123 Å². The van der Waals surface area contributed by atoms with Crippen LogP contribution in [0, 0.1) is 25.0 Å². The van der Waals surface area contributed by atoms with Gasteiger partial charge in [-0.3, -0.25) is 0 Å². The lowest BCUT2D eigenvalue weighted by Crippen LogP contribution is -2.46. The van der Waals surface area contributed by atoms with Crippen molar-refractivity contribution in [3.8, 4) is 0 Å². The van der Waals surface area contributed by atoms with Crippen LogP contribution in [0.2, 0.25) is 5.02 Å². The maximum atomic E-state index is 6.77. The van der Waals surface area contributed by atoms with Crippen molar-refractivity contribution in [2.45, 2.75) is 142 Å². The third-order valence-corrected chi connectivity index (χ3v) is 13.3. The van der Waals surface area contributed by atoms with Gasteiger partial charge in [0.25, 0.3) is 0 Å². The van der Waals surface area contributed by atoms with Crippen LogP contribution in [0.3, 0.4) is 0 Å². The molecule has 52 heavy (non-hydrogen) atoms. The van der Waals surface area contributed by atoms with Crippen LogP contribution < -0.4 is 9.80 Å². The molecule has 0 saturated heterocycles. The van der Waals surface area contributed by atoms with Gasteiger partial charge in [-0.05, 0) is 169 Å². The van der Waals surface area contributed by atoms with Crippen molar-refractivity contribution < 1.29 is 0 Å². The van der Waals surface area contributed by atoms with E-state index in [-0.39, 0.29) is 27.2 Å². The fourth-order valence-corrected chi connectivity index (χ4v) is 9.80. The van der Waals surface area contributed by atoms with Crippen molar-refractivity contribution >= 4 is 40.0 Å². The maximum absolute atomic E-state index is 6.77. The summed E-state index contributed by atoms with van der Waals surface area (Å²) in [4.78, 5) is 4.94. The van der Waals surface area contributed by atoms with Crippen molar-refractivity contribution in [2.75, 3.05) is 9.80 Å². The third kappa shape index (κ3) is 6.26. The quantitative estimate of drug-likeness (QED) is 0.176. The van der Waals surface area contributed by atoms with E-state index in [1.807, 2.05) is 6.07 Å². The average Bonchev–Trinajstić information content (AvgIpc) is 3.04. The monoisotopic (exact) mass is 710 g/mol. The molecule has 272 valence electrons. The summed E-state index contributed by atoms with van der Waals surface area (Å²) in [7, 11) is 0. The predicted molar refractivity (Wildman–Crippen MR) is 224 cm³/mol. The molecule has 0 spiro atoms. The van der Waals surface area contributed by atoms with Gasteiger partial charge in [0, 0.05) is 33.3 Å². The number of hydrogen-bond donors (Lipinski definition) is 0. The first kappa shape index (κ1) is 36.7. The molecular formula is C49H59ClN2. The third-order valence-electron chi connectivity index (χ3n) is 13.1. The van der Waals surface area contributed by atoms with Crippen molar-refractivity contribution in [1.82, 2.24) is 0 Å². The topological polar surface area (TPSA) is 6.48 Å². The number of halogens is 1. The Morgan fingerprint density at radius 2 is 1.27 bits per heavy atom. The molecule has 3 aliphatic carbocycles. The molecule has 0 fully saturated rings. The molecule has 0 amide bonds. The van der Waals surface area contributed by atoms with E-state index in [0.29, 0.717) is 5.92 Å². The Hall–Kier alpha value is -3.67. The highest BCUT2D eigenvalue weighted by Crippen LogP contribution is 2.51. The smallest absolute Gasteiger partial charge is 0.0976 e. The molecule has 0 aromatic heterocycles. The zero-order chi connectivity index (χ0) is 37.6. The van der Waals surface area contributed by atoms with E-state index in [2.05, 4.69) is 172 Å². The number of nitrogens with zero attached hydrogens (tertiary/aromatic N) is 2. The molecule has 1 atom stereocenters. The Bertz CT molecular complexity index is 1960. The highest BCUT2D eigenvalue weighted by molar-refractivity contribution is 6.31. The van der Waals surface area contributed by atoms with Crippen LogP contribution in [0.5, 0.6) is 0 Å². The first-order valence-electron chi connectivity index (χ1n) is 19.5. The molecule has 0 radical (unpaired) electrons. The van der Waals surface area contributed by atoms with Crippen molar-refractivity contribution in [2.24, 2.45) is 5.92 Å². The minimum absolute atomic E-state index is 0.0546. The molecule has 0 bridgehead atoms. The zero-order valence-corrected chi connectivity index (χ0v) is 34.6. The summed E-state index contributed by atoms with van der Waals surface area (Å²) in [6.45, 7) is 28.4. The van der Waals surface area contributed by atoms with E-state index >= 15 is 0 Å². The van der Waals surface area contributed by atoms with Gasteiger partial charge in [-0.1, -0.05) is 98.2 Å². The molecule has 0 aliphatic heterocycles. The van der Waals surface area contributed by atoms with Gasteiger partial charge in [-0.25, -0.2) is 0 Å². The van der Waals surface area contributed by atoms with E-state index < -0.39 is 0 Å². The SMILES string of the molecule is Cc1cc(Cl)cc(N(c2cccc(N(c3c#cc4c(c3)C(C)(C)CCC4(C)C)c3ccc4c(c3)C(C)(C)CCC4(C)C)c2)C(C)(C)C2=CC[C@H]2C)c1. The van der Waals surface area contributed by atoms with E-state index in [1.165, 1.54) is 46.4 Å². The Morgan fingerprint density at radius 3 is 1.90 bits per heavy atom. The van der Waals surface area contributed by atoms with Gasteiger partial charge in [-0.15, -0.1) is 0 Å². The van der Waals surface area contributed by atoms with Crippen LogP contribution in [0.1, 0.15) is 136 Å². The summed E-state index contributed by atoms with van der Waals surface area (Å²) < 4.78 is 0. The Balaban J connectivity index is 1.46. The normalized spacial score (nSPS) is 20.8. The number of aryl methyl sites for hydroxylation is 1. The zero-order valence-electron chi connectivity index (χ0n) is 33.8. The fourth-order valence-electron chi connectivity index (χ4n) is 9.52. The summed E-state index contributed by atoms with van der Waals surface area (Å²) in [5.41, 5.74) is 13.9. The van der Waals surface area contributed by atoms with Crippen LogP contribution in [-0.4, -0.2) is 5.54 Å². The molecule has 4 aromatic rings. The Kier molecular flexibility index (Phi) is 8.78. The summed E-state index contributed by atoms with van der Waals surface area (Å²) in [6, 6.07) is 32.7. The second-order valence-corrected chi connectivity index (χ2v) is 19.8. The van der Waals surface area contributed by atoms with E-state index in [4.69, 9.17) is 11.6 Å². The molecule has 0 heterocycles. The molecule has 0 saturated carbocycles. The molecule has 0 N–H and O–H groups in total. The highest BCUT2D eigenvalue weighted by atomic mass is 35.5. The number of rotatable bonds is 7. The molecular weight excluding hydrogens is 652 g/mol. The second-order valence-electron chi connectivity index (χ2n) is 19.4. The largest absolute Gasteiger partial charge is 0.332 e. The minimum atomic E-state index is -0.263. The first-order chi connectivity index (χ1) is 24.2. The van der Waals surface area contributed by atoms with Crippen LogP contribution in [-0.2, 0) is 21.7 Å². The average molecular weight is 711 g/mol. The number of hydrogen-bond acceptors (Lipinski definition) is 2. The predicted octanol–water partition coefficient (Wildman–Crippen LogP) is 14.3. The first-order valence-corrected chi connectivity index (χ1v) is 19.9. The fraction of sp³-hybridized carbons (Fsp3) is 0.469. The van der Waals surface area contributed by atoms with Crippen LogP contribution in [0.15, 0.2) is 78.4 Å². The number of anilines is 5. The lowest BCUT2D eigenvalue weighted by molar-refractivity contribution is 0.332. The van der Waals surface area contributed by atoms with Crippen molar-refractivity contribution in [1.29, 1.82) is 0 Å².